The first-order chi connectivity index (χ1) is 10.9. The van der Waals surface area contributed by atoms with Gasteiger partial charge in [-0.05, 0) is 63.8 Å². The van der Waals surface area contributed by atoms with Gasteiger partial charge in [-0.25, -0.2) is 0 Å². The van der Waals surface area contributed by atoms with E-state index in [2.05, 4.69) is 4.90 Å². The molecule has 0 aromatic rings. The second-order valence-corrected chi connectivity index (χ2v) is 7.94. The summed E-state index contributed by atoms with van der Waals surface area (Å²) in [5.41, 5.74) is -2.10. The molecule has 4 aliphatic rings. The average molecular weight is 328 g/mol. The number of alkyl halides is 2. The highest BCUT2D eigenvalue weighted by Gasteiger charge is 2.62. The third-order valence-electron chi connectivity index (χ3n) is 6.45. The number of carbonyl (C=O) groups excluding carboxylic acids is 1. The lowest BCUT2D eigenvalue weighted by Gasteiger charge is -2.49. The SMILES string of the molecule is O=C(N1CCC2C(CCCN2C2CC2)C1)C(F)(F)C1(O)CCC1. The fourth-order valence-corrected chi connectivity index (χ4v) is 4.71. The molecule has 0 bridgehead atoms. The maximum Gasteiger partial charge on any atom is 0.352 e. The number of halogens is 2. The van der Waals surface area contributed by atoms with Crippen molar-refractivity contribution >= 4 is 5.91 Å². The van der Waals surface area contributed by atoms with Crippen molar-refractivity contribution in [3.8, 4) is 0 Å². The average Bonchev–Trinajstić information content (AvgIpc) is 3.35. The van der Waals surface area contributed by atoms with Crippen LogP contribution in [0.25, 0.3) is 0 Å². The first-order valence-electron chi connectivity index (χ1n) is 9.08. The van der Waals surface area contributed by atoms with Crippen LogP contribution in [0, 0.1) is 5.92 Å². The van der Waals surface area contributed by atoms with Gasteiger partial charge in [0.05, 0.1) is 0 Å². The Labute approximate surface area is 135 Å². The van der Waals surface area contributed by atoms with Gasteiger partial charge in [0.2, 0.25) is 0 Å². The Bertz CT molecular complexity index is 491. The summed E-state index contributed by atoms with van der Waals surface area (Å²) in [6.45, 7) is 1.95. The molecule has 2 unspecified atom stereocenters. The Morgan fingerprint density at radius 3 is 2.43 bits per heavy atom. The summed E-state index contributed by atoms with van der Waals surface area (Å²) >= 11 is 0. The van der Waals surface area contributed by atoms with Gasteiger partial charge in [0.25, 0.3) is 5.91 Å². The highest BCUT2D eigenvalue weighted by Crippen LogP contribution is 2.46. The van der Waals surface area contributed by atoms with Gasteiger partial charge < -0.3 is 10.0 Å². The van der Waals surface area contributed by atoms with E-state index >= 15 is 0 Å². The first kappa shape index (κ1) is 15.8. The number of piperidine rings is 2. The molecule has 2 heterocycles. The number of likely N-dealkylation sites (tertiary alicyclic amines) is 2. The van der Waals surface area contributed by atoms with E-state index in [1.54, 1.807) is 0 Å². The molecule has 2 atom stereocenters. The molecule has 2 aliphatic carbocycles. The van der Waals surface area contributed by atoms with Crippen molar-refractivity contribution in [2.24, 2.45) is 5.92 Å². The summed E-state index contributed by atoms with van der Waals surface area (Å²) in [7, 11) is 0. The summed E-state index contributed by atoms with van der Waals surface area (Å²) < 4.78 is 28.8. The minimum Gasteiger partial charge on any atom is -0.383 e. The predicted octanol–water partition coefficient (Wildman–Crippen LogP) is 2.01. The number of amides is 1. The molecule has 2 saturated carbocycles. The zero-order chi connectivity index (χ0) is 16.2. The molecule has 2 aliphatic heterocycles. The summed E-state index contributed by atoms with van der Waals surface area (Å²) in [5, 5.41) is 9.99. The number of carbonyl (C=O) groups is 1. The zero-order valence-corrected chi connectivity index (χ0v) is 13.5. The highest BCUT2D eigenvalue weighted by atomic mass is 19.3. The summed E-state index contributed by atoms with van der Waals surface area (Å²) in [4.78, 5) is 16.3. The summed E-state index contributed by atoms with van der Waals surface area (Å²) in [6, 6.07) is 1.16. The van der Waals surface area contributed by atoms with Crippen LogP contribution in [0.15, 0.2) is 0 Å². The van der Waals surface area contributed by atoms with E-state index < -0.39 is 17.4 Å². The predicted molar refractivity (Wildman–Crippen MR) is 81.2 cm³/mol. The largest absolute Gasteiger partial charge is 0.383 e. The van der Waals surface area contributed by atoms with Crippen molar-refractivity contribution in [3.05, 3.63) is 0 Å². The number of hydrogen-bond acceptors (Lipinski definition) is 3. The van der Waals surface area contributed by atoms with Crippen LogP contribution in [0.5, 0.6) is 0 Å². The van der Waals surface area contributed by atoms with Gasteiger partial charge in [-0.3, -0.25) is 9.69 Å². The Morgan fingerprint density at radius 2 is 1.83 bits per heavy atom. The normalized spacial score (nSPS) is 34.7. The van der Waals surface area contributed by atoms with Crippen molar-refractivity contribution in [2.45, 2.75) is 75.0 Å². The Hall–Kier alpha value is -0.750. The lowest BCUT2D eigenvalue weighted by Crippen LogP contribution is -2.64. The maximum absolute atomic E-state index is 14.4. The lowest BCUT2D eigenvalue weighted by atomic mass is 9.74. The van der Waals surface area contributed by atoms with Crippen LogP contribution in [0.2, 0.25) is 0 Å². The Morgan fingerprint density at radius 1 is 1.09 bits per heavy atom. The van der Waals surface area contributed by atoms with Crippen LogP contribution in [0.3, 0.4) is 0 Å². The number of aliphatic hydroxyl groups is 1. The molecule has 4 rings (SSSR count). The molecular formula is C17H26F2N2O2. The Kier molecular flexibility index (Phi) is 3.69. The van der Waals surface area contributed by atoms with Crippen molar-refractivity contribution < 1.29 is 18.7 Å². The van der Waals surface area contributed by atoms with E-state index in [9.17, 15) is 18.7 Å². The van der Waals surface area contributed by atoms with Gasteiger partial charge in [0.1, 0.15) is 5.60 Å². The van der Waals surface area contributed by atoms with Gasteiger partial charge in [-0.1, -0.05) is 0 Å². The van der Waals surface area contributed by atoms with Gasteiger partial charge in [-0.15, -0.1) is 0 Å². The van der Waals surface area contributed by atoms with Crippen molar-refractivity contribution in [2.75, 3.05) is 19.6 Å². The number of nitrogens with zero attached hydrogens (tertiary/aromatic N) is 2. The topological polar surface area (TPSA) is 43.8 Å². The summed E-state index contributed by atoms with van der Waals surface area (Å²) in [5.74, 6) is -4.47. The number of rotatable bonds is 3. The first-order valence-corrected chi connectivity index (χ1v) is 9.08. The fraction of sp³-hybridized carbons (Fsp3) is 0.941. The molecular weight excluding hydrogens is 302 g/mol. The molecule has 0 aromatic carbocycles. The Balaban J connectivity index is 1.44. The van der Waals surface area contributed by atoms with E-state index in [-0.39, 0.29) is 12.8 Å². The van der Waals surface area contributed by atoms with E-state index in [1.165, 1.54) is 17.7 Å². The van der Waals surface area contributed by atoms with Crippen molar-refractivity contribution in [1.82, 2.24) is 9.80 Å². The second-order valence-electron chi connectivity index (χ2n) is 7.94. The van der Waals surface area contributed by atoms with Gasteiger partial charge in [-0.2, -0.15) is 8.78 Å². The second kappa shape index (κ2) is 5.38. The van der Waals surface area contributed by atoms with Gasteiger partial charge in [0, 0.05) is 25.2 Å². The van der Waals surface area contributed by atoms with Gasteiger partial charge in [0.15, 0.2) is 0 Å². The minimum atomic E-state index is -3.64. The van der Waals surface area contributed by atoms with Gasteiger partial charge >= 0.3 is 5.92 Å². The third kappa shape index (κ3) is 2.49. The molecule has 0 radical (unpaired) electrons. The molecule has 1 N–H and O–H groups in total. The zero-order valence-electron chi connectivity index (χ0n) is 13.5. The molecule has 0 aromatic heterocycles. The molecule has 4 nitrogen and oxygen atoms in total. The summed E-state index contributed by atoms with van der Waals surface area (Å²) in [6.07, 6.45) is 6.06. The van der Waals surface area contributed by atoms with Crippen LogP contribution in [0.1, 0.15) is 51.4 Å². The fourth-order valence-electron chi connectivity index (χ4n) is 4.71. The highest BCUT2D eigenvalue weighted by molar-refractivity contribution is 5.85. The van der Waals surface area contributed by atoms with Crippen molar-refractivity contribution in [1.29, 1.82) is 0 Å². The van der Waals surface area contributed by atoms with Crippen LogP contribution in [-0.4, -0.2) is 64.1 Å². The molecule has 4 fully saturated rings. The standard InChI is InChI=1S/C17H26F2N2O2/c18-17(19,16(23)7-2-8-16)15(22)20-10-6-14-12(11-20)3-1-9-21(14)13-4-5-13/h12-14,23H,1-11H2. The van der Waals surface area contributed by atoms with Crippen LogP contribution < -0.4 is 0 Å². The van der Waals surface area contributed by atoms with Crippen molar-refractivity contribution in [3.63, 3.8) is 0 Å². The minimum absolute atomic E-state index is 0.0289. The third-order valence-corrected chi connectivity index (χ3v) is 6.45. The molecule has 2 saturated heterocycles. The molecule has 1 amide bonds. The van der Waals surface area contributed by atoms with E-state index in [1.807, 2.05) is 0 Å². The van der Waals surface area contributed by atoms with Crippen LogP contribution in [-0.2, 0) is 4.79 Å². The van der Waals surface area contributed by atoms with E-state index in [4.69, 9.17) is 0 Å². The molecule has 130 valence electrons. The van der Waals surface area contributed by atoms with E-state index in [0.717, 1.165) is 25.8 Å². The molecule has 6 heteroatoms. The number of fused-ring (bicyclic) bond motifs is 1. The van der Waals surface area contributed by atoms with E-state index in [0.29, 0.717) is 37.5 Å². The van der Waals surface area contributed by atoms with Crippen LogP contribution >= 0.6 is 0 Å². The number of hydrogen-bond donors (Lipinski definition) is 1. The maximum atomic E-state index is 14.4. The van der Waals surface area contributed by atoms with Crippen LogP contribution in [0.4, 0.5) is 8.78 Å². The smallest absolute Gasteiger partial charge is 0.352 e. The quantitative estimate of drug-likeness (QED) is 0.862. The molecule has 23 heavy (non-hydrogen) atoms. The molecule has 0 spiro atoms. The lowest BCUT2D eigenvalue weighted by molar-refractivity contribution is -0.225. The monoisotopic (exact) mass is 328 g/mol.